The van der Waals surface area contributed by atoms with E-state index in [-0.39, 0.29) is 19.6 Å². The molecule has 1 fully saturated rings. The normalized spacial score (nSPS) is 18.8. The van der Waals surface area contributed by atoms with Crippen LogP contribution in [0.1, 0.15) is 31.2 Å². The highest BCUT2D eigenvalue weighted by molar-refractivity contribution is 5.77. The van der Waals surface area contributed by atoms with Crippen molar-refractivity contribution in [3.63, 3.8) is 0 Å². The number of ether oxygens (including phenoxy) is 1. The average Bonchev–Trinajstić information content (AvgIpc) is 2.52. The lowest BCUT2D eigenvalue weighted by Gasteiger charge is -2.33. The van der Waals surface area contributed by atoms with Gasteiger partial charge in [-0.2, -0.15) is 13.2 Å². The Hall–Kier alpha value is -1.79. The number of pyridine rings is 1. The number of carbonyl (C=O) groups is 1. The number of rotatable bonds is 4. The number of amides is 1. The van der Waals surface area contributed by atoms with Crippen LogP contribution in [0.15, 0.2) is 12.1 Å². The van der Waals surface area contributed by atoms with Crippen LogP contribution in [0.4, 0.5) is 13.2 Å². The molecule has 1 aromatic heterocycles. The first-order valence-corrected chi connectivity index (χ1v) is 7.75. The molecule has 0 radical (unpaired) electrons. The standard InChI is InChI=1S/C16H21F3N2O2/c1-3-13-14(7-6-11(2)20-13)23-10-15(22)21-8-4-5-12(9-21)16(17,18)19/h6-7,12H,3-5,8-10H2,1-2H3. The third kappa shape index (κ3) is 4.59. The SMILES string of the molecule is CCc1nc(C)ccc1OCC(=O)N1CCCC(C(F)(F)F)C1. The maximum Gasteiger partial charge on any atom is 0.393 e. The van der Waals surface area contributed by atoms with Gasteiger partial charge in [0.15, 0.2) is 6.61 Å². The first-order chi connectivity index (χ1) is 10.8. The van der Waals surface area contributed by atoms with Crippen molar-refractivity contribution in [2.24, 2.45) is 5.92 Å². The zero-order valence-electron chi connectivity index (χ0n) is 13.3. The van der Waals surface area contributed by atoms with Crippen LogP contribution in [0.2, 0.25) is 0 Å². The van der Waals surface area contributed by atoms with Gasteiger partial charge in [-0.3, -0.25) is 9.78 Å². The van der Waals surface area contributed by atoms with E-state index < -0.39 is 18.0 Å². The van der Waals surface area contributed by atoms with Gasteiger partial charge < -0.3 is 9.64 Å². The molecule has 128 valence electrons. The quantitative estimate of drug-likeness (QED) is 0.852. The third-order valence-electron chi connectivity index (χ3n) is 3.99. The molecule has 1 unspecified atom stereocenters. The number of aryl methyl sites for hydroxylation is 2. The second-order valence-electron chi connectivity index (χ2n) is 5.76. The minimum Gasteiger partial charge on any atom is -0.482 e. The van der Waals surface area contributed by atoms with Gasteiger partial charge >= 0.3 is 6.18 Å². The smallest absolute Gasteiger partial charge is 0.393 e. The van der Waals surface area contributed by atoms with Gasteiger partial charge in [-0.25, -0.2) is 0 Å². The lowest BCUT2D eigenvalue weighted by atomic mass is 9.97. The Labute approximate surface area is 133 Å². The summed E-state index contributed by atoms with van der Waals surface area (Å²) in [5.41, 5.74) is 1.59. The number of alkyl halides is 3. The first kappa shape index (κ1) is 17.6. The lowest BCUT2D eigenvalue weighted by molar-refractivity contribution is -0.188. The summed E-state index contributed by atoms with van der Waals surface area (Å²) in [5.74, 6) is -1.34. The predicted molar refractivity (Wildman–Crippen MR) is 79.2 cm³/mol. The number of likely N-dealkylation sites (tertiary alicyclic amines) is 1. The van der Waals surface area contributed by atoms with Gasteiger partial charge in [-0.1, -0.05) is 6.92 Å². The number of aromatic nitrogens is 1. The number of piperidine rings is 1. The molecule has 1 aliphatic rings. The van der Waals surface area contributed by atoms with E-state index in [0.717, 1.165) is 11.4 Å². The summed E-state index contributed by atoms with van der Waals surface area (Å²) in [6.45, 7) is 3.59. The van der Waals surface area contributed by atoms with Gasteiger partial charge in [-0.05, 0) is 38.3 Å². The van der Waals surface area contributed by atoms with E-state index in [9.17, 15) is 18.0 Å². The first-order valence-electron chi connectivity index (χ1n) is 7.75. The van der Waals surface area contributed by atoms with Crippen molar-refractivity contribution in [2.45, 2.75) is 39.3 Å². The van der Waals surface area contributed by atoms with E-state index >= 15 is 0 Å². The molecule has 0 aliphatic carbocycles. The summed E-state index contributed by atoms with van der Waals surface area (Å²) in [5, 5.41) is 0. The van der Waals surface area contributed by atoms with E-state index in [4.69, 9.17) is 4.74 Å². The van der Waals surface area contributed by atoms with Crippen LogP contribution in [-0.2, 0) is 11.2 Å². The summed E-state index contributed by atoms with van der Waals surface area (Å²) >= 11 is 0. The Bertz CT molecular complexity index is 561. The van der Waals surface area contributed by atoms with Gasteiger partial charge in [0.2, 0.25) is 0 Å². The molecule has 0 bridgehead atoms. The van der Waals surface area contributed by atoms with E-state index in [2.05, 4.69) is 4.98 Å². The van der Waals surface area contributed by atoms with Crippen LogP contribution in [-0.4, -0.2) is 41.7 Å². The summed E-state index contributed by atoms with van der Waals surface area (Å²) in [6.07, 6.45) is -3.15. The largest absolute Gasteiger partial charge is 0.482 e. The highest BCUT2D eigenvalue weighted by atomic mass is 19.4. The van der Waals surface area contributed by atoms with Crippen LogP contribution in [0.5, 0.6) is 5.75 Å². The average molecular weight is 330 g/mol. The van der Waals surface area contributed by atoms with Crippen molar-refractivity contribution >= 4 is 5.91 Å². The molecule has 23 heavy (non-hydrogen) atoms. The maximum atomic E-state index is 12.8. The molecule has 4 nitrogen and oxygen atoms in total. The lowest BCUT2D eigenvalue weighted by Crippen LogP contribution is -2.46. The van der Waals surface area contributed by atoms with E-state index in [1.165, 1.54) is 4.90 Å². The van der Waals surface area contributed by atoms with Gasteiger partial charge in [0.05, 0.1) is 11.6 Å². The predicted octanol–water partition coefficient (Wildman–Crippen LogP) is 3.13. The van der Waals surface area contributed by atoms with Gasteiger partial charge in [-0.15, -0.1) is 0 Å². The van der Waals surface area contributed by atoms with Crippen molar-refractivity contribution in [2.75, 3.05) is 19.7 Å². The van der Waals surface area contributed by atoms with Crippen molar-refractivity contribution in [3.05, 3.63) is 23.5 Å². The molecule has 0 N–H and O–H groups in total. The van der Waals surface area contributed by atoms with Gasteiger partial charge in [0, 0.05) is 18.8 Å². The molecule has 1 amide bonds. The van der Waals surface area contributed by atoms with E-state index in [1.807, 2.05) is 13.8 Å². The molecule has 1 aliphatic heterocycles. The van der Waals surface area contributed by atoms with Crippen LogP contribution in [0.25, 0.3) is 0 Å². The fourth-order valence-corrected chi connectivity index (χ4v) is 2.68. The zero-order valence-corrected chi connectivity index (χ0v) is 13.3. The Balaban J connectivity index is 1.94. The second kappa shape index (κ2) is 7.19. The third-order valence-corrected chi connectivity index (χ3v) is 3.99. The molecule has 0 spiro atoms. The van der Waals surface area contributed by atoms with E-state index in [0.29, 0.717) is 25.1 Å². The topological polar surface area (TPSA) is 42.4 Å². The fourth-order valence-electron chi connectivity index (χ4n) is 2.68. The fraction of sp³-hybridized carbons (Fsp3) is 0.625. The van der Waals surface area contributed by atoms with Crippen molar-refractivity contribution in [3.8, 4) is 5.75 Å². The van der Waals surface area contributed by atoms with E-state index in [1.54, 1.807) is 12.1 Å². The molecular formula is C16H21F3N2O2. The molecule has 2 rings (SSSR count). The Kier molecular flexibility index (Phi) is 5.49. The van der Waals surface area contributed by atoms with Crippen molar-refractivity contribution in [1.82, 2.24) is 9.88 Å². The minimum absolute atomic E-state index is 0.0794. The Morgan fingerprint density at radius 2 is 2.17 bits per heavy atom. The monoisotopic (exact) mass is 330 g/mol. The van der Waals surface area contributed by atoms with Crippen LogP contribution in [0.3, 0.4) is 0 Å². The molecule has 7 heteroatoms. The molecule has 0 saturated carbocycles. The zero-order chi connectivity index (χ0) is 17.0. The highest BCUT2D eigenvalue weighted by Gasteiger charge is 2.42. The molecular weight excluding hydrogens is 309 g/mol. The van der Waals surface area contributed by atoms with Crippen LogP contribution < -0.4 is 4.74 Å². The number of hydrogen-bond acceptors (Lipinski definition) is 3. The molecule has 1 atom stereocenters. The number of nitrogens with zero attached hydrogens (tertiary/aromatic N) is 2. The van der Waals surface area contributed by atoms with Crippen molar-refractivity contribution in [1.29, 1.82) is 0 Å². The summed E-state index contributed by atoms with van der Waals surface area (Å²) in [4.78, 5) is 17.7. The van der Waals surface area contributed by atoms with Crippen LogP contribution in [0, 0.1) is 12.8 Å². The van der Waals surface area contributed by atoms with Gasteiger partial charge in [0.25, 0.3) is 5.91 Å². The maximum absolute atomic E-state index is 12.8. The number of hydrogen-bond donors (Lipinski definition) is 0. The Morgan fingerprint density at radius 3 is 2.83 bits per heavy atom. The van der Waals surface area contributed by atoms with Crippen LogP contribution >= 0.6 is 0 Å². The van der Waals surface area contributed by atoms with Crippen molar-refractivity contribution < 1.29 is 22.7 Å². The molecule has 2 heterocycles. The summed E-state index contributed by atoms with van der Waals surface area (Å²) in [6, 6.07) is 3.52. The van der Waals surface area contributed by atoms with Gasteiger partial charge in [0.1, 0.15) is 5.75 Å². The molecule has 1 aromatic rings. The number of halogens is 3. The highest BCUT2D eigenvalue weighted by Crippen LogP contribution is 2.33. The molecule has 0 aromatic carbocycles. The number of carbonyl (C=O) groups excluding carboxylic acids is 1. The minimum atomic E-state index is -4.25. The Morgan fingerprint density at radius 1 is 1.43 bits per heavy atom. The second-order valence-corrected chi connectivity index (χ2v) is 5.76. The molecule has 1 saturated heterocycles. The summed E-state index contributed by atoms with van der Waals surface area (Å²) in [7, 11) is 0. The summed E-state index contributed by atoms with van der Waals surface area (Å²) < 4.78 is 43.8.